The van der Waals surface area contributed by atoms with Gasteiger partial charge < -0.3 is 14.1 Å². The monoisotopic (exact) mass is 423 g/mol. The molecule has 1 amide bonds. The van der Waals surface area contributed by atoms with E-state index in [1.165, 1.54) is 4.80 Å². The molecule has 2 atom stereocenters. The second-order valence-corrected chi connectivity index (χ2v) is 7.60. The van der Waals surface area contributed by atoms with Gasteiger partial charge >= 0.3 is 5.97 Å². The number of hydrogen-bond acceptors (Lipinski definition) is 7. The van der Waals surface area contributed by atoms with Crippen molar-refractivity contribution >= 4 is 11.9 Å². The molecule has 1 saturated heterocycles. The number of ether oxygens (including phenoxy) is 1. The van der Waals surface area contributed by atoms with Gasteiger partial charge in [-0.15, -0.1) is 0 Å². The molecular weight excluding hydrogens is 398 g/mol. The largest absolute Gasteiger partial charge is 0.460 e. The zero-order valence-electron chi connectivity index (χ0n) is 17.8. The first kappa shape index (κ1) is 20.8. The van der Waals surface area contributed by atoms with Gasteiger partial charge in [0, 0.05) is 12.6 Å². The first-order valence-electron chi connectivity index (χ1n) is 10.4. The summed E-state index contributed by atoms with van der Waals surface area (Å²) in [6, 6.07) is 7.34. The number of aromatic nitrogens is 4. The number of rotatable bonds is 5. The minimum Gasteiger partial charge on any atom is -0.460 e. The van der Waals surface area contributed by atoms with Crippen LogP contribution in [0.15, 0.2) is 41.1 Å². The van der Waals surface area contributed by atoms with Gasteiger partial charge in [-0.05, 0) is 45.7 Å². The van der Waals surface area contributed by atoms with Crippen molar-refractivity contribution < 1.29 is 18.7 Å². The van der Waals surface area contributed by atoms with Crippen LogP contribution in [0.4, 0.5) is 0 Å². The van der Waals surface area contributed by atoms with Crippen LogP contribution in [0, 0.1) is 6.92 Å². The lowest BCUT2D eigenvalue weighted by atomic mass is 9.92. The number of likely N-dealkylation sites (tertiary alicyclic amines) is 1. The van der Waals surface area contributed by atoms with E-state index in [0.717, 1.165) is 12.8 Å². The Morgan fingerprint density at radius 1 is 1.19 bits per heavy atom. The van der Waals surface area contributed by atoms with Crippen LogP contribution in [0.2, 0.25) is 0 Å². The molecular formula is C22H25N5O4. The fourth-order valence-electron chi connectivity index (χ4n) is 3.89. The van der Waals surface area contributed by atoms with Crippen molar-refractivity contribution in [1.82, 2.24) is 24.9 Å². The molecule has 162 valence electrons. The third kappa shape index (κ3) is 4.08. The molecule has 0 bridgehead atoms. The van der Waals surface area contributed by atoms with Crippen molar-refractivity contribution in [1.29, 1.82) is 0 Å². The number of para-hydroxylation sites is 1. The van der Waals surface area contributed by atoms with Crippen LogP contribution in [0.1, 0.15) is 65.1 Å². The second-order valence-electron chi connectivity index (χ2n) is 7.60. The third-order valence-corrected chi connectivity index (χ3v) is 5.53. The first-order chi connectivity index (χ1) is 15.0. The predicted octanol–water partition coefficient (Wildman–Crippen LogP) is 3.15. The molecule has 1 fully saturated rings. The van der Waals surface area contributed by atoms with Crippen LogP contribution in [-0.4, -0.2) is 55.9 Å². The molecule has 2 aromatic heterocycles. The van der Waals surface area contributed by atoms with Gasteiger partial charge in [0.2, 0.25) is 5.76 Å². The molecule has 1 aliphatic rings. The Labute approximate surface area is 180 Å². The predicted molar refractivity (Wildman–Crippen MR) is 111 cm³/mol. The van der Waals surface area contributed by atoms with Gasteiger partial charge in [0.05, 0.1) is 41.9 Å². The number of amides is 1. The highest BCUT2D eigenvalue weighted by molar-refractivity contribution is 5.98. The van der Waals surface area contributed by atoms with Crippen LogP contribution >= 0.6 is 0 Å². The van der Waals surface area contributed by atoms with Gasteiger partial charge in [0.1, 0.15) is 0 Å². The average molecular weight is 423 g/mol. The molecule has 4 rings (SSSR count). The molecule has 9 nitrogen and oxygen atoms in total. The fraction of sp³-hybridized carbons (Fsp3) is 0.409. The highest BCUT2D eigenvalue weighted by atomic mass is 16.5. The maximum absolute atomic E-state index is 13.5. The van der Waals surface area contributed by atoms with Gasteiger partial charge in [-0.2, -0.15) is 15.0 Å². The van der Waals surface area contributed by atoms with Gasteiger partial charge in [0.25, 0.3) is 5.91 Å². The minimum absolute atomic E-state index is 0.0583. The molecule has 0 N–H and O–H groups in total. The Hall–Kier alpha value is -3.49. The van der Waals surface area contributed by atoms with Gasteiger partial charge in [-0.3, -0.25) is 4.79 Å². The summed E-state index contributed by atoms with van der Waals surface area (Å²) in [5, 5.41) is 8.33. The Bertz CT molecular complexity index is 1080. The summed E-state index contributed by atoms with van der Waals surface area (Å²) < 4.78 is 10.8. The lowest BCUT2D eigenvalue weighted by molar-refractivity contribution is 0.0477. The van der Waals surface area contributed by atoms with E-state index in [0.29, 0.717) is 29.4 Å². The molecule has 0 aliphatic carbocycles. The summed E-state index contributed by atoms with van der Waals surface area (Å²) in [6.45, 7) is 6.22. The highest BCUT2D eigenvalue weighted by Gasteiger charge is 2.34. The van der Waals surface area contributed by atoms with Crippen molar-refractivity contribution in [3.8, 4) is 5.69 Å². The molecule has 1 aliphatic heterocycles. The van der Waals surface area contributed by atoms with E-state index in [4.69, 9.17) is 9.15 Å². The standard InChI is InChI=1S/C22H25N5O4/c1-4-30-22(29)19-15(3)25-20(31-19)16-10-9-14(2)26(13-16)21(28)17-7-5-6-8-18(17)27-23-11-12-24-27/h5-8,11-12,14,16H,4,9-10,13H2,1-3H3/t14-,16-/m1/s1. The van der Waals surface area contributed by atoms with Crippen molar-refractivity contribution in [2.45, 2.75) is 45.6 Å². The molecule has 0 spiro atoms. The maximum atomic E-state index is 13.5. The smallest absolute Gasteiger partial charge is 0.376 e. The van der Waals surface area contributed by atoms with Crippen molar-refractivity contribution in [3.05, 3.63) is 59.6 Å². The number of carbonyl (C=O) groups excluding carboxylic acids is 2. The van der Waals surface area contributed by atoms with Gasteiger partial charge in [-0.1, -0.05) is 12.1 Å². The van der Waals surface area contributed by atoms with Crippen molar-refractivity contribution in [2.75, 3.05) is 13.2 Å². The maximum Gasteiger partial charge on any atom is 0.376 e. The quantitative estimate of drug-likeness (QED) is 0.581. The number of oxazole rings is 1. The fourth-order valence-corrected chi connectivity index (χ4v) is 3.89. The molecule has 0 radical (unpaired) electrons. The van der Waals surface area contributed by atoms with E-state index in [1.807, 2.05) is 30.0 Å². The van der Waals surface area contributed by atoms with Crippen molar-refractivity contribution in [3.63, 3.8) is 0 Å². The Balaban J connectivity index is 1.59. The van der Waals surface area contributed by atoms with E-state index in [9.17, 15) is 9.59 Å². The summed E-state index contributed by atoms with van der Waals surface area (Å²) in [6.07, 6.45) is 4.77. The molecule has 0 unspecified atom stereocenters. The number of esters is 1. The first-order valence-corrected chi connectivity index (χ1v) is 10.4. The summed E-state index contributed by atoms with van der Waals surface area (Å²) >= 11 is 0. The molecule has 3 aromatic rings. The Kier molecular flexibility index (Phi) is 5.83. The second kappa shape index (κ2) is 8.71. The van der Waals surface area contributed by atoms with Gasteiger partial charge in [0.15, 0.2) is 5.89 Å². The summed E-state index contributed by atoms with van der Waals surface area (Å²) in [4.78, 5) is 33.3. The van der Waals surface area contributed by atoms with E-state index in [1.54, 1.807) is 32.3 Å². The minimum atomic E-state index is -0.517. The number of hydrogen-bond donors (Lipinski definition) is 0. The van der Waals surface area contributed by atoms with E-state index in [-0.39, 0.29) is 30.2 Å². The summed E-state index contributed by atoms with van der Waals surface area (Å²) in [5.74, 6) is -0.122. The SMILES string of the molecule is CCOC(=O)c1oc([C@@H]2CC[C@@H](C)N(C(=O)c3ccccc3-n3nccn3)C2)nc1C. The van der Waals surface area contributed by atoms with Crippen LogP contribution < -0.4 is 0 Å². The normalized spacial score (nSPS) is 18.7. The average Bonchev–Trinajstić information content (AvgIpc) is 3.44. The van der Waals surface area contributed by atoms with Crippen LogP contribution in [-0.2, 0) is 4.74 Å². The Morgan fingerprint density at radius 3 is 2.68 bits per heavy atom. The van der Waals surface area contributed by atoms with Crippen LogP contribution in [0.5, 0.6) is 0 Å². The summed E-state index contributed by atoms with van der Waals surface area (Å²) in [7, 11) is 0. The lowest BCUT2D eigenvalue weighted by Gasteiger charge is -2.37. The lowest BCUT2D eigenvalue weighted by Crippen LogP contribution is -2.45. The van der Waals surface area contributed by atoms with E-state index < -0.39 is 5.97 Å². The molecule has 1 aromatic carbocycles. The topological polar surface area (TPSA) is 103 Å². The van der Waals surface area contributed by atoms with Gasteiger partial charge in [-0.25, -0.2) is 9.78 Å². The molecule has 3 heterocycles. The van der Waals surface area contributed by atoms with Crippen LogP contribution in [0.25, 0.3) is 5.69 Å². The molecule has 31 heavy (non-hydrogen) atoms. The zero-order chi connectivity index (χ0) is 22.0. The van der Waals surface area contributed by atoms with E-state index >= 15 is 0 Å². The zero-order valence-corrected chi connectivity index (χ0v) is 17.8. The van der Waals surface area contributed by atoms with Crippen molar-refractivity contribution in [2.24, 2.45) is 0 Å². The Morgan fingerprint density at radius 2 is 1.94 bits per heavy atom. The number of piperidine rings is 1. The summed E-state index contributed by atoms with van der Waals surface area (Å²) in [5.41, 5.74) is 1.66. The number of benzene rings is 1. The number of aryl methyl sites for hydroxylation is 1. The van der Waals surface area contributed by atoms with Crippen LogP contribution in [0.3, 0.4) is 0 Å². The molecule has 0 saturated carbocycles. The highest BCUT2D eigenvalue weighted by Crippen LogP contribution is 2.32. The number of carbonyl (C=O) groups is 2. The number of nitrogens with zero attached hydrogens (tertiary/aromatic N) is 5. The molecule has 9 heteroatoms. The third-order valence-electron chi connectivity index (χ3n) is 5.53. The van der Waals surface area contributed by atoms with E-state index in [2.05, 4.69) is 15.2 Å².